The minimum absolute atomic E-state index is 0.0918. The van der Waals surface area contributed by atoms with Gasteiger partial charge in [-0.15, -0.1) is 0 Å². The van der Waals surface area contributed by atoms with Crippen LogP contribution in [-0.4, -0.2) is 36.6 Å². The highest BCUT2D eigenvalue weighted by Crippen LogP contribution is 2.24. The quantitative estimate of drug-likeness (QED) is 0.843. The van der Waals surface area contributed by atoms with Gasteiger partial charge in [0.2, 0.25) is 11.8 Å². The lowest BCUT2D eigenvalue weighted by Crippen LogP contribution is -2.32. The molecule has 7 heteroatoms. The lowest BCUT2D eigenvalue weighted by molar-refractivity contribution is -0.117. The first-order chi connectivity index (χ1) is 13.0. The SMILES string of the molecule is CC(=O)N(CCC(=O)Nc1cc(C)on1)c1ccc(N2CCCCC2)cc1. The van der Waals surface area contributed by atoms with E-state index in [1.54, 1.807) is 17.9 Å². The van der Waals surface area contributed by atoms with Crippen molar-refractivity contribution in [2.45, 2.75) is 39.5 Å². The predicted octanol–water partition coefficient (Wildman–Crippen LogP) is 3.36. The van der Waals surface area contributed by atoms with Crippen LogP contribution in [0.15, 0.2) is 34.9 Å². The number of carbonyl (C=O) groups is 2. The van der Waals surface area contributed by atoms with Crippen molar-refractivity contribution in [3.8, 4) is 0 Å². The fourth-order valence-corrected chi connectivity index (χ4v) is 3.31. The van der Waals surface area contributed by atoms with Gasteiger partial charge in [0.15, 0.2) is 5.82 Å². The van der Waals surface area contributed by atoms with Gasteiger partial charge < -0.3 is 19.6 Å². The van der Waals surface area contributed by atoms with Crippen LogP contribution < -0.4 is 15.1 Å². The van der Waals surface area contributed by atoms with Crippen molar-refractivity contribution in [3.63, 3.8) is 0 Å². The van der Waals surface area contributed by atoms with Gasteiger partial charge in [-0.3, -0.25) is 9.59 Å². The highest BCUT2D eigenvalue weighted by atomic mass is 16.5. The van der Waals surface area contributed by atoms with Gasteiger partial charge in [0.1, 0.15) is 5.76 Å². The number of carbonyl (C=O) groups excluding carboxylic acids is 2. The topological polar surface area (TPSA) is 78.7 Å². The fourth-order valence-electron chi connectivity index (χ4n) is 3.31. The number of nitrogens with zero attached hydrogens (tertiary/aromatic N) is 3. The largest absolute Gasteiger partial charge is 0.372 e. The molecule has 2 aromatic rings. The maximum absolute atomic E-state index is 12.1. The van der Waals surface area contributed by atoms with Crippen LogP contribution >= 0.6 is 0 Å². The number of hydrogen-bond acceptors (Lipinski definition) is 5. The average molecular weight is 370 g/mol. The molecular weight excluding hydrogens is 344 g/mol. The average Bonchev–Trinajstić information content (AvgIpc) is 3.07. The Morgan fingerprint density at radius 1 is 1.19 bits per heavy atom. The molecule has 1 aromatic carbocycles. The van der Waals surface area contributed by atoms with Crippen LogP contribution in [0, 0.1) is 6.92 Å². The zero-order valence-electron chi connectivity index (χ0n) is 15.9. The van der Waals surface area contributed by atoms with E-state index in [0.717, 1.165) is 18.8 Å². The molecule has 1 fully saturated rings. The van der Waals surface area contributed by atoms with Crippen molar-refractivity contribution < 1.29 is 14.1 Å². The molecule has 2 heterocycles. The van der Waals surface area contributed by atoms with Gasteiger partial charge in [-0.1, -0.05) is 5.16 Å². The summed E-state index contributed by atoms with van der Waals surface area (Å²) in [7, 11) is 0. The van der Waals surface area contributed by atoms with E-state index in [1.807, 2.05) is 12.1 Å². The standard InChI is InChI=1S/C20H26N4O3/c1-15-14-19(22-27-15)21-20(26)10-13-24(16(2)25)18-8-6-17(7-9-18)23-11-4-3-5-12-23/h6-9,14H,3-5,10-13H2,1-2H3,(H,21,22,26). The highest BCUT2D eigenvalue weighted by molar-refractivity contribution is 5.94. The second-order valence-corrected chi connectivity index (χ2v) is 6.86. The minimum Gasteiger partial charge on any atom is -0.372 e. The van der Waals surface area contributed by atoms with Gasteiger partial charge >= 0.3 is 0 Å². The summed E-state index contributed by atoms with van der Waals surface area (Å²) in [5.74, 6) is 0.715. The predicted molar refractivity (Wildman–Crippen MR) is 105 cm³/mol. The van der Waals surface area contributed by atoms with Crippen LogP contribution in [0.3, 0.4) is 0 Å². The number of nitrogens with one attached hydrogen (secondary N) is 1. The Bertz CT molecular complexity index is 779. The Balaban J connectivity index is 1.59. The number of anilines is 3. The Kier molecular flexibility index (Phi) is 6.11. The third-order valence-corrected chi connectivity index (χ3v) is 4.72. The number of aryl methyl sites for hydroxylation is 1. The number of amides is 2. The summed E-state index contributed by atoms with van der Waals surface area (Å²) in [5, 5.41) is 6.41. The van der Waals surface area contributed by atoms with E-state index in [0.29, 0.717) is 18.1 Å². The second kappa shape index (κ2) is 8.70. The lowest BCUT2D eigenvalue weighted by atomic mass is 10.1. The zero-order chi connectivity index (χ0) is 19.2. The summed E-state index contributed by atoms with van der Waals surface area (Å²) >= 11 is 0. The minimum atomic E-state index is -0.209. The first kappa shape index (κ1) is 18.9. The molecule has 0 spiro atoms. The monoisotopic (exact) mass is 370 g/mol. The van der Waals surface area contributed by atoms with E-state index in [2.05, 4.69) is 27.5 Å². The van der Waals surface area contributed by atoms with Gasteiger partial charge in [-0.05, 0) is 50.5 Å². The molecule has 2 amide bonds. The maximum Gasteiger partial charge on any atom is 0.227 e. The van der Waals surface area contributed by atoms with Crippen LogP contribution in [0.25, 0.3) is 0 Å². The summed E-state index contributed by atoms with van der Waals surface area (Å²) in [6.45, 7) is 5.74. The van der Waals surface area contributed by atoms with Crippen molar-refractivity contribution in [2.75, 3.05) is 34.8 Å². The number of aromatic nitrogens is 1. The Hall–Kier alpha value is -2.83. The van der Waals surface area contributed by atoms with E-state index < -0.39 is 0 Å². The van der Waals surface area contributed by atoms with Crippen LogP contribution in [0.2, 0.25) is 0 Å². The van der Waals surface area contributed by atoms with Crippen molar-refractivity contribution >= 4 is 29.0 Å². The molecule has 7 nitrogen and oxygen atoms in total. The van der Waals surface area contributed by atoms with Crippen molar-refractivity contribution in [2.24, 2.45) is 0 Å². The van der Waals surface area contributed by atoms with Crippen LogP contribution in [0.1, 0.15) is 38.4 Å². The van der Waals surface area contributed by atoms with Crippen molar-refractivity contribution in [1.82, 2.24) is 5.16 Å². The van der Waals surface area contributed by atoms with Crippen LogP contribution in [0.4, 0.5) is 17.2 Å². The van der Waals surface area contributed by atoms with Gasteiger partial charge in [0.05, 0.1) is 0 Å². The summed E-state index contributed by atoms with van der Waals surface area (Å²) in [5.41, 5.74) is 1.98. The van der Waals surface area contributed by atoms with Gasteiger partial charge in [-0.25, -0.2) is 0 Å². The van der Waals surface area contributed by atoms with Gasteiger partial charge in [-0.2, -0.15) is 0 Å². The van der Waals surface area contributed by atoms with Gasteiger partial charge in [0, 0.05) is 50.4 Å². The molecule has 3 rings (SSSR count). The molecule has 144 valence electrons. The molecule has 27 heavy (non-hydrogen) atoms. The van der Waals surface area contributed by atoms with E-state index in [4.69, 9.17) is 4.52 Å². The molecule has 0 radical (unpaired) electrons. The number of piperidine rings is 1. The molecule has 0 aliphatic carbocycles. The molecular formula is C20H26N4O3. The molecule has 1 aliphatic rings. The third-order valence-electron chi connectivity index (χ3n) is 4.72. The van der Waals surface area contributed by atoms with Crippen molar-refractivity contribution in [3.05, 3.63) is 36.1 Å². The maximum atomic E-state index is 12.1. The normalized spacial score (nSPS) is 14.1. The zero-order valence-corrected chi connectivity index (χ0v) is 15.9. The summed E-state index contributed by atoms with van der Waals surface area (Å²) in [6.07, 6.45) is 3.92. The van der Waals surface area contributed by atoms with Crippen LogP contribution in [-0.2, 0) is 9.59 Å². The summed E-state index contributed by atoms with van der Waals surface area (Å²) in [6, 6.07) is 9.65. The Morgan fingerprint density at radius 2 is 1.89 bits per heavy atom. The second-order valence-electron chi connectivity index (χ2n) is 6.86. The Labute approximate surface area is 159 Å². The smallest absolute Gasteiger partial charge is 0.227 e. The lowest BCUT2D eigenvalue weighted by Gasteiger charge is -2.29. The number of hydrogen-bond donors (Lipinski definition) is 1. The van der Waals surface area contributed by atoms with Crippen LogP contribution in [0.5, 0.6) is 0 Å². The fraction of sp³-hybridized carbons (Fsp3) is 0.450. The van der Waals surface area contributed by atoms with E-state index in [1.165, 1.54) is 31.9 Å². The van der Waals surface area contributed by atoms with E-state index in [-0.39, 0.29) is 18.2 Å². The summed E-state index contributed by atoms with van der Waals surface area (Å²) in [4.78, 5) is 28.2. The molecule has 1 saturated heterocycles. The molecule has 1 aromatic heterocycles. The molecule has 0 atom stereocenters. The van der Waals surface area contributed by atoms with Gasteiger partial charge in [0.25, 0.3) is 0 Å². The molecule has 0 unspecified atom stereocenters. The molecule has 1 N–H and O–H groups in total. The number of benzene rings is 1. The highest BCUT2D eigenvalue weighted by Gasteiger charge is 2.16. The third kappa shape index (κ3) is 5.09. The van der Waals surface area contributed by atoms with Crippen molar-refractivity contribution in [1.29, 1.82) is 0 Å². The first-order valence-corrected chi connectivity index (χ1v) is 9.39. The summed E-state index contributed by atoms with van der Waals surface area (Å²) < 4.78 is 4.93. The first-order valence-electron chi connectivity index (χ1n) is 9.39. The van der Waals surface area contributed by atoms with E-state index >= 15 is 0 Å². The molecule has 1 aliphatic heterocycles. The Morgan fingerprint density at radius 3 is 2.48 bits per heavy atom. The number of rotatable bonds is 6. The molecule has 0 saturated carbocycles. The van der Waals surface area contributed by atoms with E-state index in [9.17, 15) is 9.59 Å². The molecule has 0 bridgehead atoms.